The summed E-state index contributed by atoms with van der Waals surface area (Å²) in [5, 5.41) is 4.07. The molecule has 0 fully saturated rings. The average Bonchev–Trinajstić information content (AvgIpc) is 2.64. The van der Waals surface area contributed by atoms with Crippen LogP contribution in [0.3, 0.4) is 0 Å². The normalized spacial score (nSPS) is 23.7. The summed E-state index contributed by atoms with van der Waals surface area (Å²) in [6, 6.07) is 6.91. The van der Waals surface area contributed by atoms with E-state index in [1.807, 2.05) is 0 Å². The maximum absolute atomic E-state index is 4.07. The molecule has 0 atom stereocenters. The summed E-state index contributed by atoms with van der Waals surface area (Å²) in [5.74, 6) is 1.07. The van der Waals surface area contributed by atoms with E-state index in [0.29, 0.717) is 11.8 Å². The standard InChI is InChI=1S/C28H43N/c1-21(2)24-18-14-19-25(22(3)4)28(24)29-27-20-13-9-8-12-17-26(27)23-15-10-6-5-7-11-16-23/h14-15,18-19,21-22,29H,5-13,16-17,20H2,1-4H3/b23-15+,27-26-. The van der Waals surface area contributed by atoms with Crippen LogP contribution in [-0.4, -0.2) is 0 Å². The zero-order valence-corrected chi connectivity index (χ0v) is 19.4. The number of benzene rings is 1. The lowest BCUT2D eigenvalue weighted by molar-refractivity contribution is 0.597. The van der Waals surface area contributed by atoms with Crippen molar-refractivity contribution in [3.05, 3.63) is 52.2 Å². The molecule has 0 aromatic heterocycles. The molecule has 1 N–H and O–H groups in total. The van der Waals surface area contributed by atoms with Crippen molar-refractivity contribution in [3.8, 4) is 0 Å². The van der Waals surface area contributed by atoms with Crippen LogP contribution in [-0.2, 0) is 0 Å². The number of nitrogens with one attached hydrogen (secondary N) is 1. The molecule has 29 heavy (non-hydrogen) atoms. The zero-order chi connectivity index (χ0) is 20.6. The van der Waals surface area contributed by atoms with Gasteiger partial charge in [-0.25, -0.2) is 0 Å². The lowest BCUT2D eigenvalue weighted by Crippen LogP contribution is -2.12. The average molecular weight is 394 g/mol. The smallest absolute Gasteiger partial charge is 0.0452 e. The van der Waals surface area contributed by atoms with Gasteiger partial charge in [-0.05, 0) is 85.5 Å². The third-order valence-corrected chi connectivity index (χ3v) is 6.80. The Bertz CT molecular complexity index is 694. The van der Waals surface area contributed by atoms with Crippen molar-refractivity contribution in [1.82, 2.24) is 0 Å². The molecule has 0 unspecified atom stereocenters. The van der Waals surface area contributed by atoms with Crippen LogP contribution in [0.2, 0.25) is 0 Å². The second-order valence-corrected chi connectivity index (χ2v) is 9.80. The number of anilines is 1. The lowest BCUT2D eigenvalue weighted by atomic mass is 9.87. The maximum Gasteiger partial charge on any atom is 0.0452 e. The molecule has 0 saturated heterocycles. The van der Waals surface area contributed by atoms with Gasteiger partial charge in [-0.2, -0.15) is 0 Å². The Labute approximate surface area is 180 Å². The van der Waals surface area contributed by atoms with Crippen molar-refractivity contribution in [2.45, 2.75) is 117 Å². The minimum Gasteiger partial charge on any atom is -0.358 e. The summed E-state index contributed by atoms with van der Waals surface area (Å²) < 4.78 is 0. The van der Waals surface area contributed by atoms with Gasteiger partial charge in [0.1, 0.15) is 0 Å². The van der Waals surface area contributed by atoms with Crippen molar-refractivity contribution in [1.29, 1.82) is 0 Å². The van der Waals surface area contributed by atoms with Gasteiger partial charge in [0, 0.05) is 11.4 Å². The van der Waals surface area contributed by atoms with Gasteiger partial charge in [0.25, 0.3) is 0 Å². The van der Waals surface area contributed by atoms with E-state index in [9.17, 15) is 0 Å². The van der Waals surface area contributed by atoms with Gasteiger partial charge in [0.05, 0.1) is 0 Å². The Hall–Kier alpha value is -1.50. The molecule has 160 valence electrons. The van der Waals surface area contributed by atoms with Gasteiger partial charge >= 0.3 is 0 Å². The molecule has 0 radical (unpaired) electrons. The van der Waals surface area contributed by atoms with Crippen molar-refractivity contribution in [2.24, 2.45) is 0 Å². The highest BCUT2D eigenvalue weighted by Gasteiger charge is 2.19. The molecule has 1 nitrogen and oxygen atoms in total. The summed E-state index contributed by atoms with van der Waals surface area (Å²) in [7, 11) is 0. The first kappa shape index (κ1) is 22.2. The van der Waals surface area contributed by atoms with E-state index < -0.39 is 0 Å². The Kier molecular flexibility index (Phi) is 8.45. The zero-order valence-electron chi connectivity index (χ0n) is 19.4. The predicted molar refractivity (Wildman–Crippen MR) is 129 cm³/mol. The van der Waals surface area contributed by atoms with Gasteiger partial charge < -0.3 is 5.32 Å². The molecule has 0 spiro atoms. The third-order valence-electron chi connectivity index (χ3n) is 6.80. The first-order valence-corrected chi connectivity index (χ1v) is 12.4. The van der Waals surface area contributed by atoms with Gasteiger partial charge in [-0.15, -0.1) is 0 Å². The summed E-state index contributed by atoms with van der Waals surface area (Å²) in [6.45, 7) is 9.31. The monoisotopic (exact) mass is 393 g/mol. The van der Waals surface area contributed by atoms with E-state index in [2.05, 4.69) is 57.3 Å². The van der Waals surface area contributed by atoms with E-state index >= 15 is 0 Å². The fourth-order valence-corrected chi connectivity index (χ4v) is 5.06. The van der Waals surface area contributed by atoms with Crippen molar-refractivity contribution < 1.29 is 0 Å². The van der Waals surface area contributed by atoms with Crippen LogP contribution in [0.15, 0.2) is 41.1 Å². The van der Waals surface area contributed by atoms with Crippen LogP contribution in [0.25, 0.3) is 0 Å². The summed E-state index contributed by atoms with van der Waals surface area (Å²) in [5.41, 5.74) is 9.21. The molecule has 0 aliphatic heterocycles. The predicted octanol–water partition coefficient (Wildman–Crippen LogP) is 9.23. The quantitative estimate of drug-likeness (QED) is 0.525. The molecular formula is C28H43N. The molecule has 3 rings (SSSR count). The Balaban J connectivity index is 2.04. The number of rotatable bonds is 5. The SMILES string of the molecule is CC(C)c1cccc(C(C)C)c1N/C1=C(\C2=C\CCCCCC2)CCCCCC1. The molecule has 1 heteroatoms. The fourth-order valence-electron chi connectivity index (χ4n) is 5.06. The number of para-hydroxylation sites is 1. The van der Waals surface area contributed by atoms with Crippen molar-refractivity contribution in [3.63, 3.8) is 0 Å². The number of hydrogen-bond donors (Lipinski definition) is 1. The van der Waals surface area contributed by atoms with E-state index in [1.165, 1.54) is 99.6 Å². The second-order valence-electron chi connectivity index (χ2n) is 9.80. The molecule has 0 bridgehead atoms. The Morgan fingerprint density at radius 1 is 0.690 bits per heavy atom. The molecule has 2 aliphatic rings. The molecule has 1 aromatic carbocycles. The summed E-state index contributed by atoms with van der Waals surface area (Å²) >= 11 is 0. The third kappa shape index (κ3) is 6.00. The summed E-state index contributed by atoms with van der Waals surface area (Å²) in [4.78, 5) is 0. The van der Waals surface area contributed by atoms with Crippen LogP contribution in [0.1, 0.15) is 128 Å². The van der Waals surface area contributed by atoms with E-state index in [1.54, 1.807) is 11.1 Å². The van der Waals surface area contributed by atoms with Gasteiger partial charge in [-0.1, -0.05) is 77.7 Å². The molecule has 2 aliphatic carbocycles. The molecule has 0 heterocycles. The number of hydrogen-bond acceptors (Lipinski definition) is 1. The van der Waals surface area contributed by atoms with Crippen LogP contribution < -0.4 is 5.32 Å². The van der Waals surface area contributed by atoms with E-state index in [0.717, 1.165) is 0 Å². The minimum atomic E-state index is 0.536. The van der Waals surface area contributed by atoms with Crippen LogP contribution >= 0.6 is 0 Å². The van der Waals surface area contributed by atoms with Crippen molar-refractivity contribution in [2.75, 3.05) is 5.32 Å². The fraction of sp³-hybridized carbons (Fsp3) is 0.643. The molecule has 1 aromatic rings. The highest BCUT2D eigenvalue weighted by molar-refractivity contribution is 5.64. The Morgan fingerprint density at radius 3 is 1.93 bits per heavy atom. The lowest BCUT2D eigenvalue weighted by Gasteiger charge is -2.27. The summed E-state index contributed by atoms with van der Waals surface area (Å²) in [6.07, 6.45) is 18.6. The maximum atomic E-state index is 4.07. The van der Waals surface area contributed by atoms with Crippen LogP contribution in [0.5, 0.6) is 0 Å². The highest BCUT2D eigenvalue weighted by atomic mass is 14.9. The molecule has 0 saturated carbocycles. The minimum absolute atomic E-state index is 0.536. The highest BCUT2D eigenvalue weighted by Crippen LogP contribution is 2.37. The number of allylic oxidation sites excluding steroid dienone is 4. The van der Waals surface area contributed by atoms with E-state index in [4.69, 9.17) is 0 Å². The van der Waals surface area contributed by atoms with Gasteiger partial charge in [-0.3, -0.25) is 0 Å². The largest absolute Gasteiger partial charge is 0.358 e. The van der Waals surface area contributed by atoms with E-state index in [-0.39, 0.29) is 0 Å². The molecule has 0 amide bonds. The van der Waals surface area contributed by atoms with Crippen LogP contribution in [0.4, 0.5) is 5.69 Å². The van der Waals surface area contributed by atoms with Crippen LogP contribution in [0, 0.1) is 0 Å². The first-order chi connectivity index (χ1) is 14.1. The first-order valence-electron chi connectivity index (χ1n) is 12.4. The topological polar surface area (TPSA) is 12.0 Å². The second kappa shape index (κ2) is 11.0. The molecular weight excluding hydrogens is 350 g/mol. The van der Waals surface area contributed by atoms with Crippen molar-refractivity contribution >= 4 is 5.69 Å². The Morgan fingerprint density at radius 2 is 1.28 bits per heavy atom. The van der Waals surface area contributed by atoms with Gasteiger partial charge in [0.2, 0.25) is 0 Å². The van der Waals surface area contributed by atoms with Gasteiger partial charge in [0.15, 0.2) is 0 Å².